The number of rotatable bonds is 7. The van der Waals surface area contributed by atoms with Gasteiger partial charge < -0.3 is 10.6 Å². The molecule has 3 heterocycles. The molecule has 0 fully saturated rings. The number of thiophene rings is 1. The van der Waals surface area contributed by atoms with E-state index in [0.29, 0.717) is 12.5 Å². The highest BCUT2D eigenvalue weighted by atomic mass is 127. The van der Waals surface area contributed by atoms with E-state index in [0.717, 1.165) is 57.1 Å². The van der Waals surface area contributed by atoms with Crippen molar-refractivity contribution in [2.45, 2.75) is 51.6 Å². The molecular weight excluding hydrogens is 475 g/mol. The van der Waals surface area contributed by atoms with Crippen LogP contribution in [-0.2, 0) is 19.5 Å². The molecule has 0 spiro atoms. The van der Waals surface area contributed by atoms with Gasteiger partial charge in [-0.2, -0.15) is 16.4 Å². The fourth-order valence-electron chi connectivity index (χ4n) is 3.17. The molecule has 0 aliphatic carbocycles. The van der Waals surface area contributed by atoms with E-state index in [2.05, 4.69) is 44.5 Å². The Balaban J connectivity index is 0.00000261. The minimum absolute atomic E-state index is 0. The lowest BCUT2D eigenvalue weighted by Gasteiger charge is -2.15. The van der Waals surface area contributed by atoms with Crippen molar-refractivity contribution in [3.05, 3.63) is 38.7 Å². The molecule has 1 unspecified atom stereocenters. The predicted molar refractivity (Wildman–Crippen MR) is 122 cm³/mol. The lowest BCUT2D eigenvalue weighted by atomic mass is 10.1. The highest BCUT2D eigenvalue weighted by molar-refractivity contribution is 14.0. The van der Waals surface area contributed by atoms with Gasteiger partial charge in [-0.05, 0) is 47.6 Å². The third-order valence-electron chi connectivity index (χ3n) is 4.78. The molecule has 7 nitrogen and oxygen atoms in total. The zero-order valence-corrected chi connectivity index (χ0v) is 19.1. The fraction of sp³-hybridized carbons (Fsp3) is 0.611. The fourth-order valence-corrected chi connectivity index (χ4v) is 3.96. The molecule has 1 aliphatic rings. The number of halogens is 1. The highest BCUT2D eigenvalue weighted by Crippen LogP contribution is 2.16. The van der Waals surface area contributed by atoms with Crippen LogP contribution in [0.15, 0.2) is 26.6 Å². The first-order valence-electron chi connectivity index (χ1n) is 9.32. The SMILES string of the molecule is CN=C(NCCCn1nc2n(c1=O)CCCC2)NCC(C)c1ccsc1.I. The van der Waals surface area contributed by atoms with Crippen molar-refractivity contribution >= 4 is 41.3 Å². The van der Waals surface area contributed by atoms with Crippen molar-refractivity contribution in [3.8, 4) is 0 Å². The van der Waals surface area contributed by atoms with Gasteiger partial charge >= 0.3 is 5.69 Å². The van der Waals surface area contributed by atoms with Crippen LogP contribution in [0.1, 0.15) is 43.5 Å². The Hall–Kier alpha value is -1.36. The molecule has 1 atom stereocenters. The normalized spacial score (nSPS) is 15.0. The van der Waals surface area contributed by atoms with Crippen LogP contribution in [0.4, 0.5) is 0 Å². The summed E-state index contributed by atoms with van der Waals surface area (Å²) in [7, 11) is 1.78. The Kier molecular flexibility index (Phi) is 8.81. The van der Waals surface area contributed by atoms with Gasteiger partial charge in [-0.1, -0.05) is 6.92 Å². The van der Waals surface area contributed by atoms with Crippen molar-refractivity contribution in [2.24, 2.45) is 4.99 Å². The average Bonchev–Trinajstić information content (AvgIpc) is 3.30. The second kappa shape index (κ2) is 10.8. The minimum atomic E-state index is 0. The van der Waals surface area contributed by atoms with Crippen molar-refractivity contribution in [1.82, 2.24) is 25.0 Å². The standard InChI is InChI=1S/C18H28N6OS.HI/c1-14(15-7-11-26-13-15)12-21-17(19-2)20-8-5-10-24-18(25)23-9-4-3-6-16(23)22-24;/h7,11,13-14H,3-6,8-10,12H2,1-2H3,(H2,19,20,21);1H. The van der Waals surface area contributed by atoms with Gasteiger partial charge in [-0.25, -0.2) is 9.48 Å². The zero-order valence-electron chi connectivity index (χ0n) is 16.0. The second-order valence-corrected chi connectivity index (χ2v) is 7.50. The van der Waals surface area contributed by atoms with Crippen LogP contribution in [0.25, 0.3) is 0 Å². The number of nitrogens with zero attached hydrogens (tertiary/aromatic N) is 4. The second-order valence-electron chi connectivity index (χ2n) is 6.72. The van der Waals surface area contributed by atoms with Gasteiger partial charge in [0, 0.05) is 39.6 Å². The van der Waals surface area contributed by atoms with Gasteiger partial charge in [0.25, 0.3) is 0 Å². The van der Waals surface area contributed by atoms with Crippen molar-refractivity contribution in [2.75, 3.05) is 20.1 Å². The molecule has 2 aromatic rings. The monoisotopic (exact) mass is 504 g/mol. The first-order chi connectivity index (χ1) is 12.7. The summed E-state index contributed by atoms with van der Waals surface area (Å²) in [5.74, 6) is 2.17. The molecule has 1 aliphatic heterocycles. The van der Waals surface area contributed by atoms with Crippen LogP contribution in [-0.4, -0.2) is 40.4 Å². The van der Waals surface area contributed by atoms with E-state index < -0.39 is 0 Å². The number of hydrogen-bond donors (Lipinski definition) is 2. The van der Waals surface area contributed by atoms with Gasteiger partial charge in [-0.3, -0.25) is 9.56 Å². The van der Waals surface area contributed by atoms with E-state index >= 15 is 0 Å². The number of aliphatic imine (C=N–C) groups is 1. The molecule has 0 amide bonds. The lowest BCUT2D eigenvalue weighted by molar-refractivity contribution is 0.509. The van der Waals surface area contributed by atoms with Gasteiger partial charge in [0.15, 0.2) is 5.96 Å². The molecule has 150 valence electrons. The number of fused-ring (bicyclic) bond motifs is 1. The van der Waals surface area contributed by atoms with E-state index in [-0.39, 0.29) is 29.7 Å². The number of aryl methyl sites for hydroxylation is 2. The van der Waals surface area contributed by atoms with Crippen molar-refractivity contribution in [3.63, 3.8) is 0 Å². The van der Waals surface area contributed by atoms with Gasteiger partial charge in [0.05, 0.1) is 0 Å². The van der Waals surface area contributed by atoms with E-state index in [9.17, 15) is 4.79 Å². The lowest BCUT2D eigenvalue weighted by Crippen LogP contribution is -2.39. The Bertz CT molecular complexity index is 782. The van der Waals surface area contributed by atoms with Crippen LogP contribution in [0.3, 0.4) is 0 Å². The maximum atomic E-state index is 12.3. The Morgan fingerprint density at radius 3 is 2.96 bits per heavy atom. The van der Waals surface area contributed by atoms with Gasteiger partial charge in [0.1, 0.15) is 5.82 Å². The summed E-state index contributed by atoms with van der Waals surface area (Å²) < 4.78 is 3.43. The number of aromatic nitrogens is 3. The smallest absolute Gasteiger partial charge is 0.345 e. The maximum absolute atomic E-state index is 12.3. The van der Waals surface area contributed by atoms with Crippen LogP contribution in [0, 0.1) is 0 Å². The molecule has 0 aromatic carbocycles. The quantitative estimate of drug-likeness (QED) is 0.263. The molecule has 0 saturated heterocycles. The highest BCUT2D eigenvalue weighted by Gasteiger charge is 2.16. The van der Waals surface area contributed by atoms with Crippen LogP contribution in [0.2, 0.25) is 0 Å². The van der Waals surface area contributed by atoms with Crippen LogP contribution in [0.5, 0.6) is 0 Å². The largest absolute Gasteiger partial charge is 0.356 e. The summed E-state index contributed by atoms with van der Waals surface area (Å²) in [4.78, 5) is 16.6. The third-order valence-corrected chi connectivity index (χ3v) is 5.48. The first kappa shape index (κ1) is 21.9. The molecule has 2 aromatic heterocycles. The first-order valence-corrected chi connectivity index (χ1v) is 10.3. The Labute approximate surface area is 181 Å². The van der Waals surface area contributed by atoms with E-state index in [1.165, 1.54) is 5.56 Å². The summed E-state index contributed by atoms with van der Waals surface area (Å²) in [6, 6.07) is 2.16. The predicted octanol–water partition coefficient (Wildman–Crippen LogP) is 2.42. The van der Waals surface area contributed by atoms with Gasteiger partial charge in [0.2, 0.25) is 0 Å². The van der Waals surface area contributed by atoms with Crippen LogP contribution < -0.4 is 16.3 Å². The van der Waals surface area contributed by atoms with E-state index in [1.54, 1.807) is 23.1 Å². The summed E-state index contributed by atoms with van der Waals surface area (Å²) >= 11 is 1.72. The molecular formula is C18H29IN6OS. The Morgan fingerprint density at radius 1 is 1.41 bits per heavy atom. The zero-order chi connectivity index (χ0) is 18.4. The number of nitrogens with one attached hydrogen (secondary N) is 2. The summed E-state index contributed by atoms with van der Waals surface area (Å²) in [5, 5.41) is 15.4. The minimum Gasteiger partial charge on any atom is -0.356 e. The van der Waals surface area contributed by atoms with E-state index in [1.807, 2.05) is 4.57 Å². The molecule has 0 radical (unpaired) electrons. The Morgan fingerprint density at radius 2 is 2.26 bits per heavy atom. The van der Waals surface area contributed by atoms with Crippen molar-refractivity contribution in [1.29, 1.82) is 0 Å². The average molecular weight is 504 g/mol. The van der Waals surface area contributed by atoms with E-state index in [4.69, 9.17) is 0 Å². The molecule has 9 heteroatoms. The van der Waals surface area contributed by atoms with Crippen molar-refractivity contribution < 1.29 is 0 Å². The maximum Gasteiger partial charge on any atom is 0.345 e. The molecule has 2 N–H and O–H groups in total. The molecule has 27 heavy (non-hydrogen) atoms. The van der Waals surface area contributed by atoms with Crippen LogP contribution >= 0.6 is 35.3 Å². The third kappa shape index (κ3) is 5.81. The van der Waals surface area contributed by atoms with Gasteiger partial charge in [-0.15, -0.1) is 24.0 Å². The topological polar surface area (TPSA) is 76.2 Å². The summed E-state index contributed by atoms with van der Waals surface area (Å²) in [6.45, 7) is 5.24. The summed E-state index contributed by atoms with van der Waals surface area (Å²) in [5.41, 5.74) is 1.38. The summed E-state index contributed by atoms with van der Waals surface area (Å²) in [6.07, 6.45) is 3.95. The number of hydrogen-bond acceptors (Lipinski definition) is 4. The molecule has 0 saturated carbocycles. The molecule has 0 bridgehead atoms. The molecule has 3 rings (SSSR count). The number of guanidine groups is 1.